The van der Waals surface area contributed by atoms with Gasteiger partial charge in [-0.15, -0.1) is 0 Å². The van der Waals surface area contributed by atoms with Crippen molar-refractivity contribution in [2.75, 3.05) is 11.9 Å². The zero-order valence-corrected chi connectivity index (χ0v) is 11.2. The summed E-state index contributed by atoms with van der Waals surface area (Å²) >= 11 is 0. The van der Waals surface area contributed by atoms with Crippen LogP contribution in [0.15, 0.2) is 24.3 Å². The molecule has 0 aromatic heterocycles. The quantitative estimate of drug-likeness (QED) is 0.783. The number of carboxylic acids is 1. The fourth-order valence-corrected chi connectivity index (χ4v) is 2.04. The van der Waals surface area contributed by atoms with E-state index in [0.717, 1.165) is 4.90 Å². The first kappa shape index (κ1) is 14.7. The zero-order valence-electron chi connectivity index (χ0n) is 11.2. The van der Waals surface area contributed by atoms with E-state index >= 15 is 0 Å². The van der Waals surface area contributed by atoms with Crippen LogP contribution < -0.4 is 5.32 Å². The number of aromatic carboxylic acids is 1. The Balaban J connectivity index is 1.90. The average Bonchev–Trinajstić information content (AvgIpc) is 2.76. The van der Waals surface area contributed by atoms with Crippen LogP contribution in [0.3, 0.4) is 0 Å². The Bertz CT molecular complexity index is 595. The normalized spacial score (nSPS) is 14.4. The van der Waals surface area contributed by atoms with Crippen molar-refractivity contribution in [1.82, 2.24) is 4.90 Å². The van der Waals surface area contributed by atoms with Gasteiger partial charge in [0.1, 0.15) is 0 Å². The topological polar surface area (TPSA) is 104 Å². The maximum Gasteiger partial charge on any atom is 0.335 e. The molecule has 7 heteroatoms. The lowest BCUT2D eigenvalue weighted by Gasteiger charge is -2.13. The number of hydrogen-bond donors (Lipinski definition) is 2. The summed E-state index contributed by atoms with van der Waals surface area (Å²) < 4.78 is 0. The molecule has 1 heterocycles. The van der Waals surface area contributed by atoms with Gasteiger partial charge < -0.3 is 10.4 Å². The molecule has 7 nitrogen and oxygen atoms in total. The molecule has 0 spiro atoms. The molecule has 1 aliphatic heterocycles. The minimum absolute atomic E-state index is 0.0191. The largest absolute Gasteiger partial charge is 0.478 e. The van der Waals surface area contributed by atoms with E-state index < -0.39 is 5.97 Å². The van der Waals surface area contributed by atoms with Crippen LogP contribution in [0.5, 0.6) is 0 Å². The van der Waals surface area contributed by atoms with Crippen LogP contribution in [-0.4, -0.2) is 40.2 Å². The number of nitrogens with zero attached hydrogens (tertiary/aromatic N) is 1. The monoisotopic (exact) mass is 290 g/mol. The van der Waals surface area contributed by atoms with Crippen molar-refractivity contribution >= 4 is 29.4 Å². The van der Waals surface area contributed by atoms with Crippen molar-refractivity contribution in [3.05, 3.63) is 29.8 Å². The van der Waals surface area contributed by atoms with Gasteiger partial charge in [-0.2, -0.15) is 0 Å². The molecule has 2 rings (SSSR count). The molecule has 2 N–H and O–H groups in total. The first-order valence-corrected chi connectivity index (χ1v) is 6.44. The third-order valence-electron chi connectivity index (χ3n) is 3.11. The van der Waals surface area contributed by atoms with Gasteiger partial charge in [-0.05, 0) is 18.2 Å². The Hall–Kier alpha value is -2.70. The van der Waals surface area contributed by atoms with E-state index in [1.54, 1.807) is 6.07 Å². The molecule has 0 aliphatic carbocycles. The third-order valence-corrected chi connectivity index (χ3v) is 3.11. The second-order valence-corrected chi connectivity index (χ2v) is 4.62. The molecule has 0 atom stereocenters. The summed E-state index contributed by atoms with van der Waals surface area (Å²) in [5.74, 6) is -1.99. The summed E-state index contributed by atoms with van der Waals surface area (Å²) in [6, 6.07) is 5.84. The molecule has 1 aliphatic rings. The number of carbonyl (C=O) groups excluding carboxylic acids is 3. The van der Waals surface area contributed by atoms with E-state index in [9.17, 15) is 19.2 Å². The summed E-state index contributed by atoms with van der Waals surface area (Å²) in [5, 5.41) is 11.4. The lowest BCUT2D eigenvalue weighted by atomic mass is 10.2. The number of carbonyl (C=O) groups is 4. The molecule has 1 saturated heterocycles. The van der Waals surface area contributed by atoms with E-state index in [-0.39, 0.29) is 49.1 Å². The van der Waals surface area contributed by atoms with Gasteiger partial charge in [0.2, 0.25) is 17.7 Å². The third kappa shape index (κ3) is 3.65. The Labute approximate surface area is 120 Å². The molecule has 21 heavy (non-hydrogen) atoms. The molecule has 1 aromatic rings. The second kappa shape index (κ2) is 6.17. The number of likely N-dealkylation sites (tertiary alicyclic amines) is 1. The number of imide groups is 1. The Morgan fingerprint density at radius 2 is 1.86 bits per heavy atom. The fraction of sp³-hybridized carbons (Fsp3) is 0.286. The minimum atomic E-state index is -1.08. The highest BCUT2D eigenvalue weighted by molar-refractivity contribution is 6.02. The van der Waals surface area contributed by atoms with Gasteiger partial charge in [-0.1, -0.05) is 6.07 Å². The molecule has 3 amide bonds. The molecule has 110 valence electrons. The van der Waals surface area contributed by atoms with E-state index in [2.05, 4.69) is 5.32 Å². The van der Waals surface area contributed by atoms with Crippen LogP contribution in [0.2, 0.25) is 0 Å². The van der Waals surface area contributed by atoms with Gasteiger partial charge in [-0.3, -0.25) is 19.3 Å². The van der Waals surface area contributed by atoms with Crippen LogP contribution in [0.25, 0.3) is 0 Å². The lowest BCUT2D eigenvalue weighted by Crippen LogP contribution is -2.32. The number of benzene rings is 1. The van der Waals surface area contributed by atoms with Crippen molar-refractivity contribution in [3.8, 4) is 0 Å². The molecule has 0 radical (unpaired) electrons. The molecular formula is C14H14N2O5. The Morgan fingerprint density at radius 1 is 1.19 bits per heavy atom. The highest BCUT2D eigenvalue weighted by atomic mass is 16.4. The summed E-state index contributed by atoms with van der Waals surface area (Å²) in [7, 11) is 0. The molecule has 1 aromatic carbocycles. The van der Waals surface area contributed by atoms with Gasteiger partial charge in [0, 0.05) is 31.5 Å². The molecule has 0 unspecified atom stereocenters. The predicted octanol–water partition coefficient (Wildman–Crippen LogP) is 0.862. The van der Waals surface area contributed by atoms with E-state index in [4.69, 9.17) is 5.11 Å². The fourth-order valence-electron chi connectivity index (χ4n) is 2.04. The van der Waals surface area contributed by atoms with Crippen LogP contribution in [0.4, 0.5) is 5.69 Å². The van der Waals surface area contributed by atoms with Gasteiger partial charge in [0.15, 0.2) is 0 Å². The maximum absolute atomic E-state index is 11.8. The van der Waals surface area contributed by atoms with E-state index in [1.165, 1.54) is 18.2 Å². The lowest BCUT2D eigenvalue weighted by molar-refractivity contribution is -0.138. The van der Waals surface area contributed by atoms with Crippen LogP contribution in [0.1, 0.15) is 29.6 Å². The number of rotatable bonds is 5. The van der Waals surface area contributed by atoms with E-state index in [0.29, 0.717) is 5.69 Å². The maximum atomic E-state index is 11.8. The van der Waals surface area contributed by atoms with Crippen LogP contribution in [0, 0.1) is 0 Å². The minimum Gasteiger partial charge on any atom is -0.478 e. The molecule has 1 fully saturated rings. The zero-order chi connectivity index (χ0) is 15.4. The SMILES string of the molecule is O=C(CCN1C(=O)CCC1=O)Nc1cccc(C(=O)O)c1. The number of hydrogen-bond acceptors (Lipinski definition) is 4. The second-order valence-electron chi connectivity index (χ2n) is 4.62. The summed E-state index contributed by atoms with van der Waals surface area (Å²) in [5.41, 5.74) is 0.427. The van der Waals surface area contributed by atoms with Gasteiger partial charge in [0.25, 0.3) is 0 Å². The Morgan fingerprint density at radius 3 is 2.48 bits per heavy atom. The molecular weight excluding hydrogens is 276 g/mol. The predicted molar refractivity (Wildman–Crippen MR) is 72.6 cm³/mol. The van der Waals surface area contributed by atoms with E-state index in [1.807, 2.05) is 0 Å². The molecule has 0 bridgehead atoms. The first-order valence-electron chi connectivity index (χ1n) is 6.44. The van der Waals surface area contributed by atoms with Crippen molar-refractivity contribution in [2.24, 2.45) is 0 Å². The number of carboxylic acid groups (broad SMARTS) is 1. The van der Waals surface area contributed by atoms with Crippen LogP contribution >= 0.6 is 0 Å². The average molecular weight is 290 g/mol. The summed E-state index contributed by atoms with van der Waals surface area (Å²) in [4.78, 5) is 46.4. The number of amides is 3. The smallest absolute Gasteiger partial charge is 0.335 e. The molecule has 0 saturated carbocycles. The van der Waals surface area contributed by atoms with Gasteiger partial charge >= 0.3 is 5.97 Å². The van der Waals surface area contributed by atoms with Crippen molar-refractivity contribution < 1.29 is 24.3 Å². The summed E-state index contributed by atoms with van der Waals surface area (Å²) in [6.45, 7) is 0.0438. The highest BCUT2D eigenvalue weighted by Crippen LogP contribution is 2.13. The first-order chi connectivity index (χ1) is 9.97. The van der Waals surface area contributed by atoms with Crippen molar-refractivity contribution in [2.45, 2.75) is 19.3 Å². The number of anilines is 1. The Kier molecular flexibility index (Phi) is 4.32. The summed E-state index contributed by atoms with van der Waals surface area (Å²) in [6.07, 6.45) is 0.372. The van der Waals surface area contributed by atoms with Gasteiger partial charge in [-0.25, -0.2) is 4.79 Å². The van der Waals surface area contributed by atoms with Crippen molar-refractivity contribution in [3.63, 3.8) is 0 Å². The highest BCUT2D eigenvalue weighted by Gasteiger charge is 2.28. The number of nitrogens with one attached hydrogen (secondary N) is 1. The van der Waals surface area contributed by atoms with Crippen LogP contribution in [-0.2, 0) is 14.4 Å². The van der Waals surface area contributed by atoms with Crippen molar-refractivity contribution in [1.29, 1.82) is 0 Å². The van der Waals surface area contributed by atoms with Gasteiger partial charge in [0.05, 0.1) is 5.56 Å². The standard InChI is InChI=1S/C14H14N2O5/c17-11(6-7-16-12(18)4-5-13(16)19)15-10-3-1-2-9(8-10)14(20)21/h1-3,8H,4-7H2,(H,15,17)(H,20,21).